The van der Waals surface area contributed by atoms with E-state index in [0.717, 1.165) is 37.5 Å². The van der Waals surface area contributed by atoms with Crippen LogP contribution in [0.25, 0.3) is 0 Å². The molecule has 0 heterocycles. The maximum atomic E-state index is 11.8. The van der Waals surface area contributed by atoms with Crippen molar-refractivity contribution in [3.63, 3.8) is 0 Å². The van der Waals surface area contributed by atoms with Gasteiger partial charge in [0.25, 0.3) is 0 Å². The van der Waals surface area contributed by atoms with Crippen LogP contribution in [0.3, 0.4) is 0 Å². The highest BCUT2D eigenvalue weighted by atomic mass is 16.1. The second-order valence-corrected chi connectivity index (χ2v) is 5.99. The zero-order valence-corrected chi connectivity index (χ0v) is 10.2. The van der Waals surface area contributed by atoms with Crippen molar-refractivity contribution in [2.75, 3.05) is 0 Å². The van der Waals surface area contributed by atoms with Crippen LogP contribution in [0.4, 0.5) is 0 Å². The van der Waals surface area contributed by atoms with Crippen molar-refractivity contribution in [2.24, 2.45) is 11.3 Å². The Balaban J connectivity index is 2.30. The highest BCUT2D eigenvalue weighted by molar-refractivity contribution is 5.81. The predicted molar refractivity (Wildman–Crippen MR) is 63.1 cm³/mol. The number of hydrogen-bond acceptors (Lipinski definition) is 2. The lowest BCUT2D eigenvalue weighted by Gasteiger charge is -2.30. The monoisotopic (exact) mass is 220 g/mol. The van der Waals surface area contributed by atoms with E-state index in [1.165, 1.54) is 5.57 Å². The van der Waals surface area contributed by atoms with Crippen LogP contribution in [0.1, 0.15) is 52.4 Å². The standard InChI is InChI=1S/C14H20O2/c1-14(2)6-5-12(16)7-10-3-4-11(9-15)13(10)8-14/h9-10H,3-8H2,1-2H3/t10-/m1/s1. The Hall–Kier alpha value is -0.920. The lowest BCUT2D eigenvalue weighted by Crippen LogP contribution is -2.22. The van der Waals surface area contributed by atoms with Gasteiger partial charge in [0, 0.05) is 12.8 Å². The smallest absolute Gasteiger partial charge is 0.145 e. The van der Waals surface area contributed by atoms with Gasteiger partial charge in [-0.2, -0.15) is 0 Å². The van der Waals surface area contributed by atoms with Crippen molar-refractivity contribution in [1.29, 1.82) is 0 Å². The van der Waals surface area contributed by atoms with Crippen molar-refractivity contribution in [1.82, 2.24) is 0 Å². The fourth-order valence-corrected chi connectivity index (χ4v) is 3.00. The Kier molecular flexibility index (Phi) is 3.00. The Morgan fingerprint density at radius 2 is 2.06 bits per heavy atom. The summed E-state index contributed by atoms with van der Waals surface area (Å²) in [4.78, 5) is 22.8. The number of carbonyl (C=O) groups excluding carboxylic acids is 2. The fourth-order valence-electron chi connectivity index (χ4n) is 3.00. The van der Waals surface area contributed by atoms with Crippen molar-refractivity contribution >= 4 is 12.1 Å². The Morgan fingerprint density at radius 3 is 2.75 bits per heavy atom. The molecule has 0 radical (unpaired) electrons. The van der Waals surface area contributed by atoms with E-state index in [4.69, 9.17) is 0 Å². The van der Waals surface area contributed by atoms with E-state index in [-0.39, 0.29) is 5.41 Å². The number of Topliss-reactive ketones (excluding diaryl/α,β-unsaturated/α-hetero) is 1. The van der Waals surface area contributed by atoms with Crippen LogP contribution in [0.5, 0.6) is 0 Å². The van der Waals surface area contributed by atoms with E-state index < -0.39 is 0 Å². The van der Waals surface area contributed by atoms with Crippen LogP contribution in [-0.4, -0.2) is 12.1 Å². The van der Waals surface area contributed by atoms with E-state index in [9.17, 15) is 9.59 Å². The van der Waals surface area contributed by atoms with Crippen molar-refractivity contribution in [3.05, 3.63) is 11.1 Å². The molecule has 0 saturated heterocycles. The molecule has 88 valence electrons. The Morgan fingerprint density at radius 1 is 1.31 bits per heavy atom. The summed E-state index contributed by atoms with van der Waals surface area (Å²) in [6.45, 7) is 4.41. The summed E-state index contributed by atoms with van der Waals surface area (Å²) in [6.07, 6.45) is 6.23. The first-order valence-corrected chi connectivity index (χ1v) is 6.20. The van der Waals surface area contributed by atoms with Crippen molar-refractivity contribution in [2.45, 2.75) is 52.4 Å². The second kappa shape index (κ2) is 4.15. The van der Waals surface area contributed by atoms with Gasteiger partial charge < -0.3 is 0 Å². The van der Waals surface area contributed by atoms with E-state index >= 15 is 0 Å². The van der Waals surface area contributed by atoms with Gasteiger partial charge in [0.15, 0.2) is 0 Å². The molecule has 0 unspecified atom stereocenters. The minimum Gasteiger partial charge on any atom is -0.300 e. The number of ketones is 1. The summed E-state index contributed by atoms with van der Waals surface area (Å²) in [5.41, 5.74) is 2.43. The average Bonchev–Trinajstić information content (AvgIpc) is 2.56. The zero-order valence-electron chi connectivity index (χ0n) is 10.2. The first-order chi connectivity index (χ1) is 7.52. The number of fused-ring (bicyclic) bond motifs is 1. The van der Waals surface area contributed by atoms with E-state index in [1.54, 1.807) is 0 Å². The fraction of sp³-hybridized carbons (Fsp3) is 0.714. The highest BCUT2D eigenvalue weighted by Crippen LogP contribution is 2.44. The van der Waals surface area contributed by atoms with Crippen molar-refractivity contribution in [3.8, 4) is 0 Å². The molecular formula is C14H20O2. The molecule has 2 rings (SSSR count). The summed E-state index contributed by atoms with van der Waals surface area (Å²) in [6, 6.07) is 0. The summed E-state index contributed by atoms with van der Waals surface area (Å²) in [5, 5.41) is 0. The first kappa shape index (κ1) is 11.6. The zero-order chi connectivity index (χ0) is 11.8. The Labute approximate surface area is 97.1 Å². The molecule has 2 aliphatic rings. The third-order valence-electron chi connectivity index (χ3n) is 4.03. The average molecular weight is 220 g/mol. The quantitative estimate of drug-likeness (QED) is 0.636. The number of allylic oxidation sites excluding steroid dienone is 2. The van der Waals surface area contributed by atoms with Crippen LogP contribution in [-0.2, 0) is 9.59 Å². The molecule has 2 nitrogen and oxygen atoms in total. The number of aldehydes is 1. The first-order valence-electron chi connectivity index (χ1n) is 6.20. The topological polar surface area (TPSA) is 34.1 Å². The summed E-state index contributed by atoms with van der Waals surface area (Å²) in [7, 11) is 0. The minimum atomic E-state index is 0.169. The molecule has 0 aliphatic heterocycles. The second-order valence-electron chi connectivity index (χ2n) is 5.99. The maximum absolute atomic E-state index is 11.8. The van der Waals surface area contributed by atoms with Gasteiger partial charge >= 0.3 is 0 Å². The largest absolute Gasteiger partial charge is 0.300 e. The van der Waals surface area contributed by atoms with E-state index in [0.29, 0.717) is 24.5 Å². The van der Waals surface area contributed by atoms with Crippen LogP contribution in [0, 0.1) is 11.3 Å². The molecule has 16 heavy (non-hydrogen) atoms. The molecule has 2 aliphatic carbocycles. The van der Waals surface area contributed by atoms with Gasteiger partial charge in [-0.1, -0.05) is 19.4 Å². The van der Waals surface area contributed by atoms with Crippen LogP contribution >= 0.6 is 0 Å². The summed E-state index contributed by atoms with van der Waals surface area (Å²) >= 11 is 0. The summed E-state index contributed by atoms with van der Waals surface area (Å²) in [5.74, 6) is 0.745. The lowest BCUT2D eigenvalue weighted by molar-refractivity contribution is -0.120. The van der Waals surface area contributed by atoms with Gasteiger partial charge in [-0.25, -0.2) is 0 Å². The van der Waals surface area contributed by atoms with E-state index in [2.05, 4.69) is 13.8 Å². The molecule has 1 saturated carbocycles. The highest BCUT2D eigenvalue weighted by Gasteiger charge is 2.33. The molecule has 0 amide bonds. The van der Waals surface area contributed by atoms with Gasteiger partial charge in [-0.05, 0) is 42.6 Å². The molecule has 0 bridgehead atoms. The molecule has 0 aromatic rings. The van der Waals surface area contributed by atoms with Gasteiger partial charge in [0.2, 0.25) is 0 Å². The maximum Gasteiger partial charge on any atom is 0.145 e. The lowest BCUT2D eigenvalue weighted by atomic mass is 9.74. The van der Waals surface area contributed by atoms with E-state index in [1.807, 2.05) is 0 Å². The summed E-state index contributed by atoms with van der Waals surface area (Å²) < 4.78 is 0. The van der Waals surface area contributed by atoms with Gasteiger partial charge in [0.1, 0.15) is 12.1 Å². The number of carbonyl (C=O) groups is 2. The van der Waals surface area contributed by atoms with Crippen molar-refractivity contribution < 1.29 is 9.59 Å². The molecule has 0 aromatic heterocycles. The number of rotatable bonds is 1. The molecule has 0 spiro atoms. The molecular weight excluding hydrogens is 200 g/mol. The SMILES string of the molecule is CC1(C)CCC(=O)C[C@H]2CCC(C=O)=C2C1. The molecule has 1 atom stereocenters. The molecule has 2 heteroatoms. The predicted octanol–water partition coefficient (Wildman–Crippen LogP) is 3.06. The van der Waals surface area contributed by atoms with Gasteiger partial charge in [-0.3, -0.25) is 9.59 Å². The number of hydrogen-bond donors (Lipinski definition) is 0. The molecule has 0 N–H and O–H groups in total. The minimum absolute atomic E-state index is 0.169. The Bertz CT molecular complexity index is 350. The van der Waals surface area contributed by atoms with Crippen LogP contribution in [0.2, 0.25) is 0 Å². The van der Waals surface area contributed by atoms with Crippen LogP contribution < -0.4 is 0 Å². The molecule has 1 fully saturated rings. The third-order valence-corrected chi connectivity index (χ3v) is 4.03. The third kappa shape index (κ3) is 2.26. The molecule has 0 aromatic carbocycles. The van der Waals surface area contributed by atoms with Crippen LogP contribution in [0.15, 0.2) is 11.1 Å². The van der Waals surface area contributed by atoms with Gasteiger partial charge in [-0.15, -0.1) is 0 Å². The van der Waals surface area contributed by atoms with Gasteiger partial charge in [0.05, 0.1) is 0 Å². The normalized spacial score (nSPS) is 29.6.